The largest absolute Gasteiger partial charge is 0.359 e. The van der Waals surface area contributed by atoms with E-state index in [-0.39, 0.29) is 11.1 Å². The zero-order chi connectivity index (χ0) is 11.8. The molecule has 16 heavy (non-hydrogen) atoms. The summed E-state index contributed by atoms with van der Waals surface area (Å²) >= 11 is 0. The van der Waals surface area contributed by atoms with Crippen LogP contribution in [0.2, 0.25) is 0 Å². The molecule has 0 bridgehead atoms. The molecule has 0 spiro atoms. The van der Waals surface area contributed by atoms with E-state index in [0.717, 1.165) is 0 Å². The van der Waals surface area contributed by atoms with Gasteiger partial charge < -0.3 is 15.6 Å². The number of hydrogen-bond acceptors (Lipinski definition) is 4. The third-order valence-electron chi connectivity index (χ3n) is 3.32. The van der Waals surface area contributed by atoms with Gasteiger partial charge in [-0.25, -0.2) is 4.98 Å². The summed E-state index contributed by atoms with van der Waals surface area (Å²) < 4.78 is 1.51. The van der Waals surface area contributed by atoms with Crippen molar-refractivity contribution in [1.82, 2.24) is 9.55 Å². The van der Waals surface area contributed by atoms with E-state index in [1.165, 1.54) is 17.4 Å². The minimum Gasteiger partial charge on any atom is -0.359 e. The fourth-order valence-corrected chi connectivity index (χ4v) is 1.89. The van der Waals surface area contributed by atoms with Crippen molar-refractivity contribution in [3.8, 4) is 0 Å². The van der Waals surface area contributed by atoms with Gasteiger partial charge in [0.2, 0.25) is 0 Å². The summed E-state index contributed by atoms with van der Waals surface area (Å²) in [6, 6.07) is 0. The molecule has 1 saturated carbocycles. The maximum atomic E-state index is 11.8. The molecular weight excluding hydrogens is 204 g/mol. The Labute approximate surface area is 94.7 Å². The maximum absolute atomic E-state index is 11.8. The van der Waals surface area contributed by atoms with Crippen LogP contribution in [0, 0.1) is 5.92 Å². The van der Waals surface area contributed by atoms with Crippen LogP contribution < -0.4 is 16.6 Å². The monoisotopic (exact) mass is 222 g/mol. The lowest BCUT2D eigenvalue weighted by molar-refractivity contribution is 0.456. The molecule has 0 aliphatic heterocycles. The molecule has 1 aromatic heterocycles. The van der Waals surface area contributed by atoms with Crippen LogP contribution in [0.4, 0.5) is 5.82 Å². The smallest absolute Gasteiger partial charge is 0.293 e. The highest BCUT2D eigenvalue weighted by Crippen LogP contribution is 2.40. The van der Waals surface area contributed by atoms with Gasteiger partial charge in [-0.05, 0) is 25.7 Å². The Hall–Kier alpha value is -1.36. The Balaban J connectivity index is 2.25. The second-order valence-corrected chi connectivity index (χ2v) is 4.71. The highest BCUT2D eigenvalue weighted by Gasteiger charge is 2.41. The molecule has 88 valence electrons. The Morgan fingerprint density at radius 3 is 2.94 bits per heavy atom. The van der Waals surface area contributed by atoms with E-state index in [4.69, 9.17) is 5.73 Å². The third kappa shape index (κ3) is 1.95. The quantitative estimate of drug-likeness (QED) is 0.769. The molecule has 1 aliphatic carbocycles. The number of nitrogens with one attached hydrogen (secondary N) is 1. The molecule has 1 unspecified atom stereocenters. The lowest BCUT2D eigenvalue weighted by Gasteiger charge is -2.29. The fraction of sp³-hybridized carbons (Fsp3) is 0.636. The van der Waals surface area contributed by atoms with Crippen LogP contribution in [0.25, 0.3) is 0 Å². The molecule has 5 heteroatoms. The van der Waals surface area contributed by atoms with Crippen molar-refractivity contribution in [3.63, 3.8) is 0 Å². The molecule has 2 rings (SSSR count). The summed E-state index contributed by atoms with van der Waals surface area (Å²) in [6.07, 6.45) is 5.61. The average Bonchev–Trinajstić information content (AvgIpc) is 3.08. The predicted molar refractivity (Wildman–Crippen MR) is 63.3 cm³/mol. The number of aromatic nitrogens is 2. The van der Waals surface area contributed by atoms with E-state index in [1.54, 1.807) is 19.4 Å². The molecule has 1 aliphatic rings. The minimum atomic E-state index is -0.208. The molecule has 0 radical (unpaired) electrons. The van der Waals surface area contributed by atoms with Gasteiger partial charge in [-0.3, -0.25) is 4.79 Å². The summed E-state index contributed by atoms with van der Waals surface area (Å²) in [7, 11) is 1.71. The van der Waals surface area contributed by atoms with Crippen LogP contribution in [0.3, 0.4) is 0 Å². The van der Waals surface area contributed by atoms with Gasteiger partial charge in [0, 0.05) is 26.0 Å². The molecule has 1 aromatic rings. The SMILES string of the molecule is Cn1ccnc(NC(C)(CN)C2CC2)c1=O. The second kappa shape index (κ2) is 3.90. The minimum absolute atomic E-state index is 0.108. The molecule has 5 nitrogen and oxygen atoms in total. The lowest BCUT2D eigenvalue weighted by Crippen LogP contribution is -2.46. The van der Waals surface area contributed by atoms with Gasteiger partial charge in [0.15, 0.2) is 5.82 Å². The summed E-state index contributed by atoms with van der Waals surface area (Å²) in [5.41, 5.74) is 5.47. The van der Waals surface area contributed by atoms with Crippen molar-refractivity contribution in [3.05, 3.63) is 22.7 Å². The number of rotatable bonds is 4. The Bertz CT molecular complexity index is 438. The predicted octanol–water partition coefficient (Wildman–Crippen LogP) is 0.320. The van der Waals surface area contributed by atoms with Crippen molar-refractivity contribution in [2.45, 2.75) is 25.3 Å². The van der Waals surface area contributed by atoms with Gasteiger partial charge in [0.05, 0.1) is 5.54 Å². The standard InChI is InChI=1S/C11H18N4O/c1-11(7-12,8-3-4-8)14-9-10(16)15(2)6-5-13-9/h5-6,8H,3-4,7,12H2,1-2H3,(H,13,14). The normalized spacial score (nSPS) is 19.2. The van der Waals surface area contributed by atoms with E-state index >= 15 is 0 Å². The molecule has 0 amide bonds. The van der Waals surface area contributed by atoms with E-state index in [9.17, 15) is 4.79 Å². The van der Waals surface area contributed by atoms with Crippen LogP contribution in [-0.4, -0.2) is 21.6 Å². The van der Waals surface area contributed by atoms with Gasteiger partial charge >= 0.3 is 0 Å². The Morgan fingerprint density at radius 2 is 2.38 bits per heavy atom. The molecule has 0 aromatic carbocycles. The first-order valence-electron chi connectivity index (χ1n) is 5.57. The highest BCUT2D eigenvalue weighted by atomic mass is 16.1. The maximum Gasteiger partial charge on any atom is 0.293 e. The van der Waals surface area contributed by atoms with E-state index in [1.807, 2.05) is 0 Å². The van der Waals surface area contributed by atoms with Crippen molar-refractivity contribution in [2.75, 3.05) is 11.9 Å². The molecule has 0 saturated heterocycles. The second-order valence-electron chi connectivity index (χ2n) is 4.71. The van der Waals surface area contributed by atoms with Crippen molar-refractivity contribution in [2.24, 2.45) is 18.7 Å². The molecular formula is C11H18N4O. The summed E-state index contributed by atoms with van der Waals surface area (Å²) in [6.45, 7) is 2.57. The number of anilines is 1. The van der Waals surface area contributed by atoms with Gasteiger partial charge in [-0.1, -0.05) is 0 Å². The molecule has 1 fully saturated rings. The topological polar surface area (TPSA) is 72.9 Å². The molecule has 1 atom stereocenters. The van der Waals surface area contributed by atoms with Crippen LogP contribution in [0.15, 0.2) is 17.2 Å². The van der Waals surface area contributed by atoms with Gasteiger partial charge in [0.1, 0.15) is 0 Å². The Kier molecular flexibility index (Phi) is 2.71. The van der Waals surface area contributed by atoms with Crippen molar-refractivity contribution >= 4 is 5.82 Å². The molecule has 1 heterocycles. The first-order chi connectivity index (χ1) is 7.57. The highest BCUT2D eigenvalue weighted by molar-refractivity contribution is 5.36. The van der Waals surface area contributed by atoms with E-state index in [2.05, 4.69) is 17.2 Å². The summed E-state index contributed by atoms with van der Waals surface area (Å²) in [4.78, 5) is 15.9. The zero-order valence-corrected chi connectivity index (χ0v) is 9.73. The summed E-state index contributed by atoms with van der Waals surface area (Å²) in [5, 5.41) is 3.21. The molecule has 3 N–H and O–H groups in total. The van der Waals surface area contributed by atoms with Crippen molar-refractivity contribution in [1.29, 1.82) is 0 Å². The van der Waals surface area contributed by atoms with Crippen LogP contribution in [0.5, 0.6) is 0 Å². The van der Waals surface area contributed by atoms with Gasteiger partial charge in [-0.2, -0.15) is 0 Å². The van der Waals surface area contributed by atoms with E-state index in [0.29, 0.717) is 18.3 Å². The van der Waals surface area contributed by atoms with Crippen LogP contribution in [0.1, 0.15) is 19.8 Å². The fourth-order valence-electron chi connectivity index (χ4n) is 1.89. The average molecular weight is 222 g/mol. The zero-order valence-electron chi connectivity index (χ0n) is 9.73. The van der Waals surface area contributed by atoms with E-state index < -0.39 is 0 Å². The van der Waals surface area contributed by atoms with Crippen molar-refractivity contribution < 1.29 is 0 Å². The lowest BCUT2D eigenvalue weighted by atomic mass is 9.96. The van der Waals surface area contributed by atoms with Crippen LogP contribution in [-0.2, 0) is 7.05 Å². The number of aryl methyl sites for hydroxylation is 1. The number of nitrogens with two attached hydrogens (primary N) is 1. The van der Waals surface area contributed by atoms with Gasteiger partial charge in [0.25, 0.3) is 5.56 Å². The van der Waals surface area contributed by atoms with Crippen LogP contribution >= 0.6 is 0 Å². The third-order valence-corrected chi connectivity index (χ3v) is 3.32. The summed E-state index contributed by atoms with van der Waals surface area (Å²) in [5.74, 6) is 0.953. The first-order valence-corrected chi connectivity index (χ1v) is 5.57. The Morgan fingerprint density at radius 1 is 1.69 bits per heavy atom. The van der Waals surface area contributed by atoms with Gasteiger partial charge in [-0.15, -0.1) is 0 Å². The first kappa shape index (κ1) is 11.1. The number of hydrogen-bond donors (Lipinski definition) is 2. The number of nitrogens with zero attached hydrogens (tertiary/aromatic N) is 2.